The molecule has 0 saturated heterocycles. The lowest BCUT2D eigenvalue weighted by Gasteiger charge is -2.45. The van der Waals surface area contributed by atoms with E-state index in [9.17, 15) is 0 Å². The molecule has 0 saturated carbocycles. The predicted octanol–water partition coefficient (Wildman–Crippen LogP) is 13.0. The maximum atomic E-state index is 17.2. The highest BCUT2D eigenvalue weighted by molar-refractivity contribution is 7.22. The smallest absolute Gasteiger partial charge is 0.150 e. The van der Waals surface area contributed by atoms with E-state index in [1.807, 2.05) is 59.9 Å². The van der Waals surface area contributed by atoms with Crippen molar-refractivity contribution >= 4 is 60.0 Å². The molecule has 0 bridgehead atoms. The van der Waals surface area contributed by atoms with E-state index in [-0.39, 0.29) is 0 Å². The first-order valence-electron chi connectivity index (χ1n) is 17.1. The van der Waals surface area contributed by atoms with Crippen LogP contribution in [-0.4, -0.2) is 0 Å². The summed E-state index contributed by atoms with van der Waals surface area (Å²) in [5.41, 5.74) is 9.88. The third kappa shape index (κ3) is 3.39. The lowest BCUT2D eigenvalue weighted by atomic mass is 9.69. The zero-order valence-electron chi connectivity index (χ0n) is 27.0. The molecule has 3 heteroatoms. The van der Waals surface area contributed by atoms with Crippen molar-refractivity contribution in [2.75, 3.05) is 0 Å². The fourth-order valence-corrected chi connectivity index (χ4v) is 10.5. The zero-order valence-corrected chi connectivity index (χ0v) is 27.8. The molecular formula is C47H29NOS. The molecule has 0 amide bonds. The molecule has 2 aliphatic carbocycles. The Kier molecular flexibility index (Phi) is 5.66. The minimum Gasteiger partial charge on any atom is -0.616 e. The van der Waals surface area contributed by atoms with Gasteiger partial charge in [0.05, 0.1) is 5.41 Å². The topological polar surface area (TPSA) is 23.1 Å². The first-order valence-corrected chi connectivity index (χ1v) is 17.9. The summed E-state index contributed by atoms with van der Waals surface area (Å²) in [5, 5.41) is 22.4. The number of rotatable bonds is 3. The highest BCUT2D eigenvalue weighted by Gasteiger charge is 2.56. The third-order valence-corrected chi connectivity index (χ3v) is 12.3. The lowest BCUT2D eigenvalue weighted by molar-refractivity contribution is 0.676. The average Bonchev–Trinajstić information content (AvgIpc) is 3.81. The Bertz CT molecular complexity index is 2780. The minimum atomic E-state index is -0.735. The van der Waals surface area contributed by atoms with Crippen molar-refractivity contribution in [1.29, 1.82) is 0 Å². The number of fused-ring (bicyclic) bond motifs is 14. The van der Waals surface area contributed by atoms with Crippen LogP contribution in [0.3, 0.4) is 0 Å². The highest BCUT2D eigenvalue weighted by atomic mass is 32.1. The zero-order chi connectivity index (χ0) is 33.0. The molecule has 0 aliphatic heterocycles. The van der Waals surface area contributed by atoms with Crippen LogP contribution in [0.15, 0.2) is 176 Å². The summed E-state index contributed by atoms with van der Waals surface area (Å²) in [5.74, 6) is 0. The van der Waals surface area contributed by atoms with Gasteiger partial charge in [-0.05, 0) is 67.7 Å². The van der Waals surface area contributed by atoms with Gasteiger partial charge in [-0.2, -0.15) is 0 Å². The molecule has 0 N–H and O–H groups in total. The van der Waals surface area contributed by atoms with E-state index in [1.165, 1.54) is 42.8 Å². The van der Waals surface area contributed by atoms with E-state index >= 15 is 5.21 Å². The largest absolute Gasteiger partial charge is 0.616 e. The molecule has 1 atom stereocenters. The van der Waals surface area contributed by atoms with Crippen molar-refractivity contribution in [3.05, 3.63) is 203 Å². The Morgan fingerprint density at radius 2 is 0.880 bits per heavy atom. The van der Waals surface area contributed by atoms with E-state index < -0.39 is 10.1 Å². The van der Waals surface area contributed by atoms with Crippen LogP contribution >= 0.6 is 11.3 Å². The first kappa shape index (κ1) is 28.0. The SMILES string of the molecule is [O-][N+](c1cccc2c1C1(c3ccccc3-2)c2ccccc2-c2sc3ccccc3c21)(c1cccc2ccccc12)c1cccc2ccccc12. The number of thiophene rings is 1. The molecule has 8 aromatic carbocycles. The number of hydrogen-bond donors (Lipinski definition) is 0. The van der Waals surface area contributed by atoms with Crippen LogP contribution in [0.25, 0.3) is 53.2 Å². The van der Waals surface area contributed by atoms with E-state index in [1.54, 1.807) is 0 Å². The van der Waals surface area contributed by atoms with Gasteiger partial charge in [-0.15, -0.1) is 11.3 Å². The van der Waals surface area contributed by atoms with Gasteiger partial charge in [0.15, 0.2) is 11.4 Å². The lowest BCUT2D eigenvalue weighted by Crippen LogP contribution is -2.36. The molecule has 2 aliphatic rings. The van der Waals surface area contributed by atoms with Crippen LogP contribution in [-0.2, 0) is 5.41 Å². The van der Waals surface area contributed by atoms with Crippen molar-refractivity contribution in [3.8, 4) is 21.6 Å². The molecule has 234 valence electrons. The van der Waals surface area contributed by atoms with E-state index in [0.717, 1.165) is 38.4 Å². The Balaban J connectivity index is 1.37. The second-order valence-corrected chi connectivity index (χ2v) is 14.5. The second kappa shape index (κ2) is 10.1. The van der Waals surface area contributed by atoms with Crippen molar-refractivity contribution in [3.63, 3.8) is 0 Å². The highest BCUT2D eigenvalue weighted by Crippen LogP contribution is 2.69. The van der Waals surface area contributed by atoms with Crippen LogP contribution in [0.4, 0.5) is 17.1 Å². The molecule has 1 unspecified atom stereocenters. The molecule has 1 spiro atoms. The molecule has 0 fully saturated rings. The molecule has 11 rings (SSSR count). The molecule has 1 heterocycles. The minimum absolute atomic E-state index is 0.683. The van der Waals surface area contributed by atoms with Gasteiger partial charge in [0.1, 0.15) is 5.69 Å². The van der Waals surface area contributed by atoms with Crippen LogP contribution in [0, 0.1) is 5.21 Å². The van der Waals surface area contributed by atoms with E-state index in [4.69, 9.17) is 0 Å². The summed E-state index contributed by atoms with van der Waals surface area (Å²) in [6, 6.07) is 62.0. The summed E-state index contributed by atoms with van der Waals surface area (Å²) in [6.45, 7) is 0. The Hall–Kier alpha value is -5.84. The molecule has 1 aromatic heterocycles. The summed E-state index contributed by atoms with van der Waals surface area (Å²) in [7, 11) is 0. The van der Waals surface area contributed by atoms with Crippen LogP contribution in [0.5, 0.6) is 0 Å². The summed E-state index contributed by atoms with van der Waals surface area (Å²) in [4.78, 5) is 1.29. The molecule has 2 nitrogen and oxygen atoms in total. The van der Waals surface area contributed by atoms with Gasteiger partial charge >= 0.3 is 0 Å². The van der Waals surface area contributed by atoms with Crippen molar-refractivity contribution in [2.24, 2.45) is 0 Å². The van der Waals surface area contributed by atoms with Crippen LogP contribution < -0.4 is 4.65 Å². The Labute approximate surface area is 293 Å². The Morgan fingerprint density at radius 1 is 0.400 bits per heavy atom. The van der Waals surface area contributed by atoms with Gasteiger partial charge in [0.2, 0.25) is 0 Å². The number of nitrogens with zero attached hydrogens (tertiary/aromatic N) is 1. The fourth-order valence-electron chi connectivity index (χ4n) is 9.25. The van der Waals surface area contributed by atoms with E-state index in [2.05, 4.69) is 127 Å². The first-order chi connectivity index (χ1) is 24.7. The molecule has 9 aromatic rings. The quantitative estimate of drug-likeness (QED) is 0.137. The fraction of sp³-hybridized carbons (Fsp3) is 0.0213. The Morgan fingerprint density at radius 3 is 1.58 bits per heavy atom. The van der Waals surface area contributed by atoms with Gasteiger partial charge in [-0.3, -0.25) is 4.65 Å². The normalized spacial score (nSPS) is 15.8. The third-order valence-electron chi connectivity index (χ3n) is 11.1. The van der Waals surface area contributed by atoms with Gasteiger partial charge in [0.25, 0.3) is 0 Å². The summed E-state index contributed by atoms with van der Waals surface area (Å²) >= 11 is 1.87. The number of benzene rings is 8. The van der Waals surface area contributed by atoms with Crippen molar-refractivity contribution in [2.45, 2.75) is 5.41 Å². The molecular weight excluding hydrogens is 627 g/mol. The van der Waals surface area contributed by atoms with Gasteiger partial charge in [-0.1, -0.05) is 140 Å². The van der Waals surface area contributed by atoms with Crippen molar-refractivity contribution in [1.82, 2.24) is 4.65 Å². The molecule has 0 radical (unpaired) electrons. The average molecular weight is 656 g/mol. The standard InChI is InChI=1S/C47H29NOS/c49-48(40-26-11-16-30-14-1-3-18-32(30)40,41-27-12-17-31-15-2-4-19-33(31)41)42-28-13-23-35-34-20-5-8-24-38(34)47(44(35)42)39-25-9-6-21-36(39)46-45(47)37-22-7-10-29-43(37)50-46/h1-29H. The maximum Gasteiger partial charge on any atom is 0.150 e. The van der Waals surface area contributed by atoms with Gasteiger partial charge in [0, 0.05) is 44.1 Å². The van der Waals surface area contributed by atoms with Crippen LogP contribution in [0.2, 0.25) is 0 Å². The molecule has 50 heavy (non-hydrogen) atoms. The summed E-state index contributed by atoms with van der Waals surface area (Å²) < 4.78 is 0.530. The predicted molar refractivity (Wildman–Crippen MR) is 210 cm³/mol. The monoisotopic (exact) mass is 655 g/mol. The number of hydrogen-bond acceptors (Lipinski definition) is 2. The van der Waals surface area contributed by atoms with Gasteiger partial charge in [-0.25, -0.2) is 0 Å². The second-order valence-electron chi connectivity index (χ2n) is 13.4. The maximum absolute atomic E-state index is 17.2. The number of quaternary nitrogens is 1. The van der Waals surface area contributed by atoms with E-state index in [0.29, 0.717) is 11.4 Å². The van der Waals surface area contributed by atoms with Crippen LogP contribution in [0.1, 0.15) is 22.3 Å². The summed E-state index contributed by atoms with van der Waals surface area (Å²) in [6.07, 6.45) is 0. The van der Waals surface area contributed by atoms with Crippen molar-refractivity contribution < 1.29 is 0 Å². The van der Waals surface area contributed by atoms with Gasteiger partial charge < -0.3 is 5.21 Å².